The summed E-state index contributed by atoms with van der Waals surface area (Å²) in [5, 5.41) is 4.59. The van der Waals surface area contributed by atoms with Gasteiger partial charge in [0.15, 0.2) is 5.17 Å². The molecule has 4 nitrogen and oxygen atoms in total. The number of hydrogen-bond acceptors (Lipinski definition) is 4. The number of thioether (sulfide) groups is 1. The summed E-state index contributed by atoms with van der Waals surface area (Å²) in [4.78, 5) is 4.71. The number of ether oxygens (including phenoxy) is 2. The topological polar surface area (TPSA) is 42.9 Å². The molecule has 1 aliphatic rings. The van der Waals surface area contributed by atoms with E-state index in [1.807, 2.05) is 18.2 Å². The highest BCUT2D eigenvalue weighted by Gasteiger charge is 2.27. The van der Waals surface area contributed by atoms with Crippen LogP contribution in [0.3, 0.4) is 0 Å². The van der Waals surface area contributed by atoms with Crippen molar-refractivity contribution in [3.05, 3.63) is 23.8 Å². The molecule has 1 aromatic rings. The van der Waals surface area contributed by atoms with E-state index in [1.165, 1.54) is 6.42 Å². The van der Waals surface area contributed by atoms with Gasteiger partial charge in [0.1, 0.15) is 11.5 Å². The molecule has 1 saturated heterocycles. The number of benzene rings is 1. The number of hydrogen-bond donors (Lipinski definition) is 1. The van der Waals surface area contributed by atoms with Gasteiger partial charge in [-0.15, -0.1) is 0 Å². The molecular formula is C16H24N2O2S. The van der Waals surface area contributed by atoms with Crippen LogP contribution in [0.1, 0.15) is 32.3 Å². The Morgan fingerprint density at radius 2 is 2.14 bits per heavy atom. The Morgan fingerprint density at radius 3 is 2.81 bits per heavy atom. The highest BCUT2D eigenvalue weighted by molar-refractivity contribution is 8.13. The van der Waals surface area contributed by atoms with Crippen LogP contribution in [0, 0.1) is 0 Å². The van der Waals surface area contributed by atoms with Crippen molar-refractivity contribution in [2.75, 3.05) is 20.0 Å². The van der Waals surface area contributed by atoms with Gasteiger partial charge in [0, 0.05) is 22.9 Å². The first kappa shape index (κ1) is 16.0. The van der Waals surface area contributed by atoms with Gasteiger partial charge in [0.25, 0.3) is 0 Å². The van der Waals surface area contributed by atoms with Crippen molar-refractivity contribution < 1.29 is 9.47 Å². The average molecular weight is 308 g/mol. The van der Waals surface area contributed by atoms with E-state index >= 15 is 0 Å². The molecule has 0 bridgehead atoms. The fraction of sp³-hybridized carbons (Fsp3) is 0.562. The molecule has 0 saturated carbocycles. The van der Waals surface area contributed by atoms with Crippen LogP contribution in [-0.4, -0.2) is 30.7 Å². The Kier molecular flexibility index (Phi) is 5.39. The lowest BCUT2D eigenvalue weighted by Crippen LogP contribution is -2.48. The van der Waals surface area contributed by atoms with Crippen molar-refractivity contribution in [1.29, 1.82) is 0 Å². The summed E-state index contributed by atoms with van der Waals surface area (Å²) in [6.07, 6.45) is 2.29. The van der Waals surface area contributed by atoms with E-state index in [4.69, 9.17) is 14.5 Å². The van der Waals surface area contributed by atoms with Gasteiger partial charge in [-0.2, -0.15) is 0 Å². The molecule has 116 valence electrons. The summed E-state index contributed by atoms with van der Waals surface area (Å²) in [5.74, 6) is 2.74. The van der Waals surface area contributed by atoms with Crippen molar-refractivity contribution in [3.8, 4) is 11.5 Å². The van der Waals surface area contributed by atoms with Gasteiger partial charge in [-0.25, -0.2) is 0 Å². The third-order valence-corrected chi connectivity index (χ3v) is 4.88. The van der Waals surface area contributed by atoms with Crippen LogP contribution < -0.4 is 14.8 Å². The minimum Gasteiger partial charge on any atom is -0.497 e. The zero-order chi connectivity index (χ0) is 15.3. The highest BCUT2D eigenvalue weighted by Crippen LogP contribution is 2.27. The summed E-state index contributed by atoms with van der Waals surface area (Å²) < 4.78 is 10.6. The molecule has 1 N–H and O–H groups in total. The molecule has 0 aliphatic carbocycles. The van der Waals surface area contributed by atoms with E-state index in [0.717, 1.165) is 34.4 Å². The molecule has 0 spiro atoms. The van der Waals surface area contributed by atoms with Crippen LogP contribution in [-0.2, 0) is 6.54 Å². The maximum absolute atomic E-state index is 5.41. The number of nitrogens with zero attached hydrogens (tertiary/aromatic N) is 1. The number of amidine groups is 1. The Labute approximate surface area is 131 Å². The summed E-state index contributed by atoms with van der Waals surface area (Å²) in [6, 6.07) is 5.84. The lowest BCUT2D eigenvalue weighted by atomic mass is 9.96. The zero-order valence-corrected chi connectivity index (χ0v) is 14.0. The van der Waals surface area contributed by atoms with Gasteiger partial charge in [-0.05, 0) is 31.9 Å². The third-order valence-electron chi connectivity index (χ3n) is 3.97. The molecule has 0 aromatic heterocycles. The monoisotopic (exact) mass is 308 g/mol. The lowest BCUT2D eigenvalue weighted by molar-refractivity contribution is 0.388. The summed E-state index contributed by atoms with van der Waals surface area (Å²) in [7, 11) is 3.33. The standard InChI is InChI=1S/C16H24N2O2S/c1-5-16(2)8-9-21-15(18-16)17-11-12-6-7-13(19-3)10-14(12)20-4/h6-7,10H,5,8-9,11H2,1-4H3,(H,17,18). The van der Waals surface area contributed by atoms with Crippen LogP contribution in [0.4, 0.5) is 0 Å². The molecule has 1 fully saturated rings. The predicted octanol–water partition coefficient (Wildman–Crippen LogP) is 3.46. The second kappa shape index (κ2) is 7.07. The Morgan fingerprint density at radius 1 is 1.33 bits per heavy atom. The maximum atomic E-state index is 5.41. The Bertz CT molecular complexity index is 519. The third kappa shape index (κ3) is 4.06. The van der Waals surface area contributed by atoms with Crippen LogP contribution in [0.2, 0.25) is 0 Å². The van der Waals surface area contributed by atoms with Gasteiger partial charge in [0.05, 0.1) is 20.8 Å². The van der Waals surface area contributed by atoms with Crippen molar-refractivity contribution >= 4 is 16.9 Å². The number of methoxy groups -OCH3 is 2. The molecular weight excluding hydrogens is 284 g/mol. The van der Waals surface area contributed by atoms with E-state index < -0.39 is 0 Å². The van der Waals surface area contributed by atoms with E-state index in [1.54, 1.807) is 26.0 Å². The largest absolute Gasteiger partial charge is 0.497 e. The fourth-order valence-corrected chi connectivity index (χ4v) is 3.44. The normalized spacial score (nSPS) is 23.7. The van der Waals surface area contributed by atoms with Crippen molar-refractivity contribution in [2.24, 2.45) is 4.99 Å². The first-order chi connectivity index (χ1) is 10.1. The van der Waals surface area contributed by atoms with Crippen molar-refractivity contribution in [2.45, 2.75) is 38.8 Å². The molecule has 0 radical (unpaired) electrons. The quantitative estimate of drug-likeness (QED) is 0.904. The maximum Gasteiger partial charge on any atom is 0.157 e. The lowest BCUT2D eigenvalue weighted by Gasteiger charge is -2.35. The Hall–Kier alpha value is -1.36. The first-order valence-corrected chi connectivity index (χ1v) is 8.25. The molecule has 0 amide bonds. The molecule has 1 aliphatic heterocycles. The number of aliphatic imine (C=N–C) groups is 1. The second-order valence-electron chi connectivity index (χ2n) is 5.44. The van der Waals surface area contributed by atoms with Crippen LogP contribution in [0.25, 0.3) is 0 Å². The first-order valence-electron chi connectivity index (χ1n) is 7.26. The van der Waals surface area contributed by atoms with Gasteiger partial charge >= 0.3 is 0 Å². The van der Waals surface area contributed by atoms with Crippen LogP contribution in [0.15, 0.2) is 23.2 Å². The molecule has 1 aromatic carbocycles. The fourth-order valence-electron chi connectivity index (χ4n) is 2.22. The molecule has 1 unspecified atom stereocenters. The molecule has 21 heavy (non-hydrogen) atoms. The molecule has 1 atom stereocenters. The minimum atomic E-state index is 0.175. The summed E-state index contributed by atoms with van der Waals surface area (Å²) in [5.41, 5.74) is 1.24. The van der Waals surface area contributed by atoms with E-state index in [9.17, 15) is 0 Å². The highest BCUT2D eigenvalue weighted by atomic mass is 32.2. The summed E-state index contributed by atoms with van der Waals surface area (Å²) >= 11 is 1.79. The molecule has 1 heterocycles. The van der Waals surface area contributed by atoms with Gasteiger partial charge in [0.2, 0.25) is 0 Å². The van der Waals surface area contributed by atoms with Gasteiger partial charge < -0.3 is 14.8 Å². The van der Waals surface area contributed by atoms with Crippen molar-refractivity contribution in [3.63, 3.8) is 0 Å². The summed E-state index contributed by atoms with van der Waals surface area (Å²) in [6.45, 7) is 5.09. The number of rotatable bonds is 5. The van der Waals surface area contributed by atoms with E-state index in [2.05, 4.69) is 19.2 Å². The number of nitrogens with one attached hydrogen (secondary N) is 1. The van der Waals surface area contributed by atoms with Crippen LogP contribution >= 0.6 is 11.8 Å². The Balaban J connectivity index is 2.10. The van der Waals surface area contributed by atoms with Crippen molar-refractivity contribution in [1.82, 2.24) is 5.32 Å². The zero-order valence-electron chi connectivity index (χ0n) is 13.2. The second-order valence-corrected chi connectivity index (χ2v) is 6.52. The molecule has 5 heteroatoms. The van der Waals surface area contributed by atoms with E-state index in [0.29, 0.717) is 6.54 Å². The van der Waals surface area contributed by atoms with E-state index in [-0.39, 0.29) is 5.54 Å². The van der Waals surface area contributed by atoms with Crippen LogP contribution in [0.5, 0.6) is 11.5 Å². The van der Waals surface area contributed by atoms with Gasteiger partial charge in [-0.1, -0.05) is 18.7 Å². The van der Waals surface area contributed by atoms with Gasteiger partial charge in [-0.3, -0.25) is 4.99 Å². The SMILES string of the molecule is CCC1(C)CCSC(=NCc2ccc(OC)cc2OC)N1. The predicted molar refractivity (Wildman–Crippen MR) is 89.6 cm³/mol. The minimum absolute atomic E-state index is 0.175. The smallest absolute Gasteiger partial charge is 0.157 e. The molecule has 2 rings (SSSR count). The average Bonchev–Trinajstić information content (AvgIpc) is 2.53.